The van der Waals surface area contributed by atoms with Gasteiger partial charge in [-0.2, -0.15) is 0 Å². The number of aldehydes is 1. The van der Waals surface area contributed by atoms with Crippen molar-refractivity contribution in [1.82, 2.24) is 0 Å². The quantitative estimate of drug-likeness (QED) is 0.717. The minimum absolute atomic E-state index is 0.548. The van der Waals surface area contributed by atoms with Crippen LogP contribution in [0, 0.1) is 0 Å². The molecule has 0 spiro atoms. The maximum atomic E-state index is 11.3. The monoisotopic (exact) mass is 294 g/mol. The second-order valence-electron chi connectivity index (χ2n) is 5.95. The fraction of sp³-hybridized carbons (Fsp3) is 0.350. The Labute approximate surface area is 132 Å². The first kappa shape index (κ1) is 14.8. The molecule has 0 amide bonds. The molecule has 2 nitrogen and oxygen atoms in total. The molecule has 22 heavy (non-hydrogen) atoms. The average Bonchev–Trinajstić information content (AvgIpc) is 3.10. The first-order valence-electron chi connectivity index (χ1n) is 8.13. The Hall–Kier alpha value is -2.09. The van der Waals surface area contributed by atoms with Crippen LogP contribution in [0.5, 0.6) is 5.75 Å². The van der Waals surface area contributed by atoms with Crippen LogP contribution in [0.15, 0.2) is 48.5 Å². The molecular formula is C20H22O2. The van der Waals surface area contributed by atoms with E-state index >= 15 is 0 Å². The molecule has 0 saturated heterocycles. The van der Waals surface area contributed by atoms with Crippen LogP contribution < -0.4 is 4.74 Å². The van der Waals surface area contributed by atoms with E-state index in [1.165, 1.54) is 36.8 Å². The summed E-state index contributed by atoms with van der Waals surface area (Å²) < 4.78 is 6.04. The van der Waals surface area contributed by atoms with E-state index < -0.39 is 0 Å². The van der Waals surface area contributed by atoms with Gasteiger partial charge in [0, 0.05) is 6.42 Å². The van der Waals surface area contributed by atoms with E-state index in [1.54, 1.807) is 0 Å². The summed E-state index contributed by atoms with van der Waals surface area (Å²) in [5.74, 6) is 1.35. The summed E-state index contributed by atoms with van der Waals surface area (Å²) in [6, 6.07) is 16.3. The van der Waals surface area contributed by atoms with Crippen LogP contribution >= 0.6 is 0 Å². The van der Waals surface area contributed by atoms with Crippen molar-refractivity contribution in [1.29, 1.82) is 0 Å². The number of hydrogen-bond donors (Lipinski definition) is 0. The Morgan fingerprint density at radius 3 is 2.50 bits per heavy atom. The summed E-state index contributed by atoms with van der Waals surface area (Å²) in [5, 5.41) is 0. The molecule has 0 unspecified atom stereocenters. The van der Waals surface area contributed by atoms with E-state index in [-0.39, 0.29) is 0 Å². The van der Waals surface area contributed by atoms with Crippen molar-refractivity contribution in [3.8, 4) is 5.75 Å². The summed E-state index contributed by atoms with van der Waals surface area (Å²) in [6.07, 6.45) is 6.74. The molecule has 0 radical (unpaired) electrons. The van der Waals surface area contributed by atoms with Crippen molar-refractivity contribution in [2.45, 2.75) is 38.0 Å². The molecule has 2 heteroatoms. The van der Waals surface area contributed by atoms with Gasteiger partial charge in [-0.3, -0.25) is 4.79 Å². The van der Waals surface area contributed by atoms with Gasteiger partial charge in [-0.25, -0.2) is 0 Å². The third-order valence-corrected chi connectivity index (χ3v) is 4.48. The second-order valence-corrected chi connectivity index (χ2v) is 5.95. The van der Waals surface area contributed by atoms with Crippen LogP contribution in [0.2, 0.25) is 0 Å². The second kappa shape index (κ2) is 7.26. The normalized spacial score (nSPS) is 14.9. The molecule has 0 atom stereocenters. The molecule has 1 saturated carbocycles. The molecular weight excluding hydrogens is 272 g/mol. The van der Waals surface area contributed by atoms with Gasteiger partial charge in [0.15, 0.2) is 6.29 Å². The van der Waals surface area contributed by atoms with Crippen molar-refractivity contribution < 1.29 is 9.53 Å². The number of para-hydroxylation sites is 1. The van der Waals surface area contributed by atoms with Gasteiger partial charge in [0.05, 0.1) is 12.2 Å². The Bertz CT molecular complexity index is 613. The van der Waals surface area contributed by atoms with Gasteiger partial charge >= 0.3 is 0 Å². The lowest BCUT2D eigenvalue weighted by molar-refractivity contribution is 0.111. The molecule has 0 heterocycles. The Morgan fingerprint density at radius 2 is 1.77 bits per heavy atom. The van der Waals surface area contributed by atoms with E-state index in [1.807, 2.05) is 30.3 Å². The molecule has 1 fully saturated rings. The van der Waals surface area contributed by atoms with Crippen LogP contribution in [0.25, 0.3) is 0 Å². The number of benzene rings is 2. The van der Waals surface area contributed by atoms with Crippen molar-refractivity contribution in [3.63, 3.8) is 0 Å². The van der Waals surface area contributed by atoms with Gasteiger partial charge in [0.1, 0.15) is 5.75 Å². The predicted molar refractivity (Wildman–Crippen MR) is 88.7 cm³/mol. The number of hydrogen-bond acceptors (Lipinski definition) is 2. The molecule has 0 bridgehead atoms. The highest BCUT2D eigenvalue weighted by Gasteiger charge is 2.22. The minimum atomic E-state index is 0.548. The summed E-state index contributed by atoms with van der Waals surface area (Å²) in [7, 11) is 0. The summed E-state index contributed by atoms with van der Waals surface area (Å²) in [5.41, 5.74) is 3.15. The number of ether oxygens (including phenoxy) is 1. The standard InChI is InChI=1S/C20H22O2/c21-15-18-11-6-12-19(17-9-4-5-10-17)20(18)22-14-13-16-7-2-1-3-8-16/h1-3,6-8,11-12,15,17H,4-5,9-10,13-14H2. The molecule has 1 aliphatic carbocycles. The largest absolute Gasteiger partial charge is 0.492 e. The van der Waals surface area contributed by atoms with Crippen LogP contribution in [-0.2, 0) is 6.42 Å². The highest BCUT2D eigenvalue weighted by molar-refractivity contribution is 5.80. The van der Waals surface area contributed by atoms with Gasteiger partial charge in [-0.15, -0.1) is 0 Å². The minimum Gasteiger partial charge on any atom is -0.492 e. The van der Waals surface area contributed by atoms with E-state index in [9.17, 15) is 4.79 Å². The number of carbonyl (C=O) groups excluding carboxylic acids is 1. The Morgan fingerprint density at radius 1 is 1.00 bits per heavy atom. The van der Waals surface area contributed by atoms with Crippen LogP contribution in [0.3, 0.4) is 0 Å². The number of carbonyl (C=O) groups is 1. The van der Waals surface area contributed by atoms with Crippen LogP contribution in [0.4, 0.5) is 0 Å². The summed E-state index contributed by atoms with van der Waals surface area (Å²) in [6.45, 7) is 0.606. The molecule has 3 rings (SSSR count). The maximum Gasteiger partial charge on any atom is 0.153 e. The first-order chi connectivity index (χ1) is 10.9. The van der Waals surface area contributed by atoms with E-state index in [2.05, 4.69) is 18.2 Å². The zero-order valence-corrected chi connectivity index (χ0v) is 12.8. The average molecular weight is 294 g/mol. The van der Waals surface area contributed by atoms with E-state index in [0.29, 0.717) is 18.1 Å². The fourth-order valence-electron chi connectivity index (χ4n) is 3.31. The lowest BCUT2D eigenvalue weighted by atomic mass is 9.95. The molecule has 2 aromatic rings. The smallest absolute Gasteiger partial charge is 0.153 e. The molecule has 114 valence electrons. The van der Waals surface area contributed by atoms with Gasteiger partial charge in [-0.05, 0) is 36.0 Å². The van der Waals surface area contributed by atoms with Crippen LogP contribution in [0.1, 0.15) is 53.1 Å². The zero-order chi connectivity index (χ0) is 15.2. The third kappa shape index (κ3) is 3.38. The van der Waals surface area contributed by atoms with Crippen LogP contribution in [-0.4, -0.2) is 12.9 Å². The van der Waals surface area contributed by atoms with Crippen molar-refractivity contribution in [2.75, 3.05) is 6.61 Å². The van der Waals surface area contributed by atoms with Gasteiger partial charge in [-0.1, -0.05) is 55.3 Å². The highest BCUT2D eigenvalue weighted by atomic mass is 16.5. The fourth-order valence-corrected chi connectivity index (χ4v) is 3.31. The third-order valence-electron chi connectivity index (χ3n) is 4.48. The summed E-state index contributed by atoms with van der Waals surface area (Å²) in [4.78, 5) is 11.3. The number of rotatable bonds is 6. The van der Waals surface area contributed by atoms with E-state index in [0.717, 1.165) is 18.5 Å². The van der Waals surface area contributed by atoms with Gasteiger partial charge < -0.3 is 4.74 Å². The predicted octanol–water partition coefficient (Wildman–Crippen LogP) is 4.78. The molecule has 2 aromatic carbocycles. The Kier molecular flexibility index (Phi) is 4.89. The topological polar surface area (TPSA) is 26.3 Å². The molecule has 1 aliphatic rings. The first-order valence-corrected chi connectivity index (χ1v) is 8.13. The van der Waals surface area contributed by atoms with Crippen molar-refractivity contribution in [2.24, 2.45) is 0 Å². The molecule has 0 N–H and O–H groups in total. The van der Waals surface area contributed by atoms with Gasteiger partial charge in [0.25, 0.3) is 0 Å². The zero-order valence-electron chi connectivity index (χ0n) is 12.8. The van der Waals surface area contributed by atoms with E-state index in [4.69, 9.17) is 4.74 Å². The highest BCUT2D eigenvalue weighted by Crippen LogP contribution is 2.39. The maximum absolute atomic E-state index is 11.3. The molecule has 0 aliphatic heterocycles. The SMILES string of the molecule is O=Cc1cccc(C2CCCC2)c1OCCc1ccccc1. The lowest BCUT2D eigenvalue weighted by Crippen LogP contribution is -2.07. The van der Waals surface area contributed by atoms with Crippen molar-refractivity contribution >= 4 is 6.29 Å². The Balaban J connectivity index is 1.74. The van der Waals surface area contributed by atoms with Gasteiger partial charge in [0.2, 0.25) is 0 Å². The lowest BCUT2D eigenvalue weighted by Gasteiger charge is -2.17. The summed E-state index contributed by atoms with van der Waals surface area (Å²) >= 11 is 0. The van der Waals surface area contributed by atoms with Crippen molar-refractivity contribution in [3.05, 3.63) is 65.2 Å². The molecule has 0 aromatic heterocycles.